The van der Waals surface area contributed by atoms with Crippen molar-refractivity contribution in [2.75, 3.05) is 36.0 Å². The summed E-state index contributed by atoms with van der Waals surface area (Å²) in [4.78, 5) is 16.0. The van der Waals surface area contributed by atoms with Crippen LogP contribution in [0.4, 0.5) is 15.8 Å². The number of piperazine rings is 1. The Hall–Kier alpha value is -2.07. The largest absolute Gasteiger partial charge is 0.367 e. The van der Waals surface area contributed by atoms with Gasteiger partial charge < -0.3 is 9.80 Å². The summed E-state index contributed by atoms with van der Waals surface area (Å²) in [5, 5.41) is 0.403. The molecule has 0 aromatic heterocycles. The molecule has 0 aliphatic carbocycles. The highest BCUT2D eigenvalue weighted by Gasteiger charge is 2.22. The van der Waals surface area contributed by atoms with Gasteiger partial charge in [-0.15, -0.1) is 0 Å². The quantitative estimate of drug-likeness (QED) is 0.793. The van der Waals surface area contributed by atoms with E-state index in [4.69, 9.17) is 11.6 Å². The molecule has 0 radical (unpaired) electrons. The van der Waals surface area contributed by atoms with E-state index in [0.29, 0.717) is 23.8 Å². The zero-order valence-electron chi connectivity index (χ0n) is 12.9. The number of halogens is 2. The Kier molecular flexibility index (Phi) is 4.53. The molecule has 2 aromatic rings. The second-order valence-corrected chi connectivity index (χ2v) is 6.08. The summed E-state index contributed by atoms with van der Waals surface area (Å²) < 4.78 is 14.0. The fraction of sp³-hybridized carbons (Fsp3) is 0.278. The minimum Gasteiger partial charge on any atom is -0.367 e. The summed E-state index contributed by atoms with van der Waals surface area (Å²) in [6.07, 6.45) is 0. The zero-order chi connectivity index (χ0) is 16.4. The van der Waals surface area contributed by atoms with Gasteiger partial charge in [-0.2, -0.15) is 0 Å². The van der Waals surface area contributed by atoms with Crippen LogP contribution in [0.3, 0.4) is 0 Å². The number of para-hydroxylation sites is 1. The maximum Gasteiger partial charge on any atom is 0.161 e. The van der Waals surface area contributed by atoms with Crippen LogP contribution in [0.25, 0.3) is 0 Å². The maximum absolute atomic E-state index is 14.0. The number of benzene rings is 2. The van der Waals surface area contributed by atoms with Crippen molar-refractivity contribution >= 4 is 28.8 Å². The molecule has 3 nitrogen and oxygen atoms in total. The second kappa shape index (κ2) is 6.59. The third-order valence-corrected chi connectivity index (χ3v) is 4.39. The van der Waals surface area contributed by atoms with Crippen molar-refractivity contribution < 1.29 is 9.18 Å². The van der Waals surface area contributed by atoms with Gasteiger partial charge in [0.2, 0.25) is 0 Å². The Morgan fingerprint density at radius 2 is 1.61 bits per heavy atom. The second-order valence-electron chi connectivity index (χ2n) is 5.64. The van der Waals surface area contributed by atoms with Gasteiger partial charge >= 0.3 is 0 Å². The number of hydrogen-bond acceptors (Lipinski definition) is 3. The average molecular weight is 333 g/mol. The third-order valence-electron chi connectivity index (χ3n) is 4.15. The predicted molar refractivity (Wildman–Crippen MR) is 92.3 cm³/mol. The minimum absolute atomic E-state index is 0.0618. The Bertz CT molecular complexity index is 727. The summed E-state index contributed by atoms with van der Waals surface area (Å²) in [7, 11) is 0. The lowest BCUT2D eigenvalue weighted by atomic mass is 10.1. The summed E-state index contributed by atoms with van der Waals surface area (Å²) in [5.41, 5.74) is 2.27. The number of hydrogen-bond donors (Lipinski definition) is 0. The molecule has 3 rings (SSSR count). The van der Waals surface area contributed by atoms with Crippen LogP contribution in [0.15, 0.2) is 42.5 Å². The summed E-state index contributed by atoms with van der Waals surface area (Å²) in [6, 6.07) is 12.4. The standard InChI is InChI=1S/C18H18ClFN2O/c1-13(23)15-4-2-3-5-17(15)21-8-10-22(11-9-21)18-7-6-14(19)12-16(18)20/h2-7,12H,8-11H2,1H3. The molecule has 23 heavy (non-hydrogen) atoms. The highest BCUT2D eigenvalue weighted by atomic mass is 35.5. The van der Waals surface area contributed by atoms with Crippen molar-refractivity contribution in [1.29, 1.82) is 0 Å². The molecule has 0 saturated carbocycles. The van der Waals surface area contributed by atoms with Gasteiger partial charge in [-0.25, -0.2) is 4.39 Å². The lowest BCUT2D eigenvalue weighted by molar-refractivity contribution is 0.101. The van der Waals surface area contributed by atoms with E-state index in [1.54, 1.807) is 19.1 Å². The third kappa shape index (κ3) is 3.32. The van der Waals surface area contributed by atoms with Gasteiger partial charge in [0.25, 0.3) is 0 Å². The van der Waals surface area contributed by atoms with Crippen LogP contribution in [-0.2, 0) is 0 Å². The van der Waals surface area contributed by atoms with E-state index in [2.05, 4.69) is 4.90 Å². The van der Waals surface area contributed by atoms with E-state index in [0.717, 1.165) is 24.3 Å². The SMILES string of the molecule is CC(=O)c1ccccc1N1CCN(c2ccc(Cl)cc2F)CC1. The highest BCUT2D eigenvalue weighted by molar-refractivity contribution is 6.30. The molecular formula is C18H18ClFN2O. The molecule has 2 aromatic carbocycles. The monoisotopic (exact) mass is 332 g/mol. The van der Waals surface area contributed by atoms with E-state index in [-0.39, 0.29) is 11.6 Å². The number of rotatable bonds is 3. The van der Waals surface area contributed by atoms with E-state index < -0.39 is 0 Å². The molecule has 1 heterocycles. The van der Waals surface area contributed by atoms with Gasteiger partial charge in [-0.05, 0) is 37.3 Å². The van der Waals surface area contributed by atoms with Crippen molar-refractivity contribution in [3.8, 4) is 0 Å². The number of carbonyl (C=O) groups excluding carboxylic acids is 1. The summed E-state index contributed by atoms with van der Waals surface area (Å²) >= 11 is 5.81. The first-order chi connectivity index (χ1) is 11.1. The number of Topliss-reactive ketones (excluding diaryl/α,β-unsaturated/α-hetero) is 1. The first kappa shape index (κ1) is 15.8. The molecule has 1 fully saturated rings. The van der Waals surface area contributed by atoms with E-state index >= 15 is 0 Å². The van der Waals surface area contributed by atoms with Gasteiger partial charge in [0.05, 0.1) is 5.69 Å². The Morgan fingerprint density at radius 3 is 2.22 bits per heavy atom. The average Bonchev–Trinajstić information content (AvgIpc) is 2.55. The molecule has 0 amide bonds. The van der Waals surface area contributed by atoms with Gasteiger partial charge in [-0.1, -0.05) is 23.7 Å². The predicted octanol–water partition coefficient (Wildman–Crippen LogP) is 4.01. The maximum atomic E-state index is 14.0. The van der Waals surface area contributed by atoms with Gasteiger partial charge in [0.1, 0.15) is 5.82 Å². The van der Waals surface area contributed by atoms with Crippen LogP contribution in [0.1, 0.15) is 17.3 Å². The molecule has 0 N–H and O–H groups in total. The molecular weight excluding hydrogens is 315 g/mol. The highest BCUT2D eigenvalue weighted by Crippen LogP contribution is 2.27. The van der Waals surface area contributed by atoms with Crippen molar-refractivity contribution in [2.45, 2.75) is 6.92 Å². The smallest absolute Gasteiger partial charge is 0.161 e. The molecule has 1 aliphatic rings. The number of anilines is 2. The van der Waals surface area contributed by atoms with Crippen molar-refractivity contribution in [3.63, 3.8) is 0 Å². The molecule has 0 bridgehead atoms. The molecule has 120 valence electrons. The molecule has 0 spiro atoms. The van der Waals surface area contributed by atoms with Crippen LogP contribution < -0.4 is 9.80 Å². The van der Waals surface area contributed by atoms with Crippen molar-refractivity contribution in [2.24, 2.45) is 0 Å². The zero-order valence-corrected chi connectivity index (χ0v) is 13.7. The summed E-state index contributed by atoms with van der Waals surface area (Å²) in [6.45, 7) is 4.46. The normalized spacial score (nSPS) is 14.9. The van der Waals surface area contributed by atoms with Gasteiger partial charge in [0.15, 0.2) is 5.78 Å². The lowest BCUT2D eigenvalue weighted by Crippen LogP contribution is -2.47. The first-order valence-electron chi connectivity index (χ1n) is 7.61. The van der Waals surface area contributed by atoms with Crippen LogP contribution >= 0.6 is 11.6 Å². The molecule has 0 atom stereocenters. The van der Waals surface area contributed by atoms with Crippen molar-refractivity contribution in [3.05, 3.63) is 58.9 Å². The Morgan fingerprint density at radius 1 is 1.00 bits per heavy atom. The number of ketones is 1. The topological polar surface area (TPSA) is 23.6 Å². The van der Waals surface area contributed by atoms with E-state index in [1.165, 1.54) is 6.07 Å². The minimum atomic E-state index is -0.296. The molecule has 1 aliphatic heterocycles. The fourth-order valence-electron chi connectivity index (χ4n) is 2.97. The molecule has 5 heteroatoms. The Balaban J connectivity index is 1.75. The summed E-state index contributed by atoms with van der Waals surface area (Å²) in [5.74, 6) is -0.234. The van der Waals surface area contributed by atoms with Gasteiger partial charge in [-0.3, -0.25) is 4.79 Å². The lowest BCUT2D eigenvalue weighted by Gasteiger charge is -2.38. The van der Waals surface area contributed by atoms with Crippen LogP contribution in [-0.4, -0.2) is 32.0 Å². The van der Waals surface area contributed by atoms with E-state index in [9.17, 15) is 9.18 Å². The molecule has 1 saturated heterocycles. The number of nitrogens with zero attached hydrogens (tertiary/aromatic N) is 2. The first-order valence-corrected chi connectivity index (χ1v) is 7.99. The van der Waals surface area contributed by atoms with Crippen LogP contribution in [0.5, 0.6) is 0 Å². The van der Waals surface area contributed by atoms with Gasteiger partial charge in [0, 0.05) is 42.5 Å². The van der Waals surface area contributed by atoms with Crippen molar-refractivity contribution in [1.82, 2.24) is 0 Å². The fourth-order valence-corrected chi connectivity index (χ4v) is 3.13. The Labute approximate surface area is 140 Å². The molecule has 0 unspecified atom stereocenters. The van der Waals surface area contributed by atoms with Crippen LogP contribution in [0, 0.1) is 5.82 Å². The van der Waals surface area contributed by atoms with Crippen LogP contribution in [0.2, 0.25) is 5.02 Å². The van der Waals surface area contributed by atoms with E-state index in [1.807, 2.05) is 29.2 Å². The number of carbonyl (C=O) groups is 1.